The standard InChI is InChI=1S/C16H19ClN2O3/c1-4-22-16(20)14-10-19(7-8-21-3)18-15(14)13-9-12(17)6-5-11(13)2/h5-6,9-10H,4,7-8H2,1-3H3. The van der Waals surface area contributed by atoms with E-state index in [2.05, 4.69) is 5.10 Å². The van der Waals surface area contributed by atoms with Crippen LogP contribution in [-0.2, 0) is 16.0 Å². The van der Waals surface area contributed by atoms with E-state index in [0.717, 1.165) is 11.1 Å². The van der Waals surface area contributed by atoms with Crippen molar-refractivity contribution in [2.75, 3.05) is 20.3 Å². The maximum absolute atomic E-state index is 12.2. The topological polar surface area (TPSA) is 53.4 Å². The molecule has 0 aliphatic heterocycles. The Morgan fingerprint density at radius 3 is 2.86 bits per heavy atom. The average Bonchev–Trinajstić information content (AvgIpc) is 2.92. The van der Waals surface area contributed by atoms with Crippen molar-refractivity contribution < 1.29 is 14.3 Å². The van der Waals surface area contributed by atoms with Crippen LogP contribution in [0, 0.1) is 6.92 Å². The fraction of sp³-hybridized carbons (Fsp3) is 0.375. The zero-order valence-electron chi connectivity index (χ0n) is 12.9. The van der Waals surface area contributed by atoms with Gasteiger partial charge in [-0.3, -0.25) is 4.68 Å². The zero-order valence-corrected chi connectivity index (χ0v) is 13.7. The molecule has 6 heteroatoms. The highest BCUT2D eigenvalue weighted by molar-refractivity contribution is 6.30. The lowest BCUT2D eigenvalue weighted by molar-refractivity contribution is 0.0527. The summed E-state index contributed by atoms with van der Waals surface area (Å²) < 4.78 is 11.9. The Hall–Kier alpha value is -1.85. The number of rotatable bonds is 6. The van der Waals surface area contributed by atoms with E-state index < -0.39 is 0 Å². The first-order valence-corrected chi connectivity index (χ1v) is 7.44. The van der Waals surface area contributed by atoms with Gasteiger partial charge in [0.25, 0.3) is 0 Å². The van der Waals surface area contributed by atoms with Crippen molar-refractivity contribution in [3.05, 3.63) is 40.5 Å². The number of carbonyl (C=O) groups excluding carboxylic acids is 1. The molecule has 0 atom stereocenters. The Balaban J connectivity index is 2.49. The fourth-order valence-electron chi connectivity index (χ4n) is 2.13. The highest BCUT2D eigenvalue weighted by Crippen LogP contribution is 2.28. The number of esters is 1. The minimum Gasteiger partial charge on any atom is -0.462 e. The Labute approximate surface area is 134 Å². The molecular formula is C16H19ClN2O3. The molecule has 0 unspecified atom stereocenters. The minimum absolute atomic E-state index is 0.316. The van der Waals surface area contributed by atoms with Gasteiger partial charge in [0, 0.05) is 23.9 Å². The highest BCUT2D eigenvalue weighted by Gasteiger charge is 2.20. The van der Waals surface area contributed by atoms with Gasteiger partial charge in [0.2, 0.25) is 0 Å². The number of benzene rings is 1. The molecule has 0 spiro atoms. The van der Waals surface area contributed by atoms with E-state index in [4.69, 9.17) is 21.1 Å². The second-order valence-corrected chi connectivity index (χ2v) is 5.26. The first-order valence-electron chi connectivity index (χ1n) is 7.06. The van der Waals surface area contributed by atoms with Gasteiger partial charge in [-0.1, -0.05) is 17.7 Å². The zero-order chi connectivity index (χ0) is 16.1. The summed E-state index contributed by atoms with van der Waals surface area (Å²) in [4.78, 5) is 12.2. The van der Waals surface area contributed by atoms with E-state index in [0.29, 0.717) is 36.0 Å². The Bertz CT molecular complexity index is 667. The molecule has 0 saturated heterocycles. The van der Waals surface area contributed by atoms with Crippen molar-refractivity contribution in [2.45, 2.75) is 20.4 Å². The van der Waals surface area contributed by atoms with Gasteiger partial charge < -0.3 is 9.47 Å². The van der Waals surface area contributed by atoms with Crippen LogP contribution in [0.3, 0.4) is 0 Å². The maximum Gasteiger partial charge on any atom is 0.341 e. The minimum atomic E-state index is -0.388. The fourth-order valence-corrected chi connectivity index (χ4v) is 2.30. The lowest BCUT2D eigenvalue weighted by Gasteiger charge is -2.06. The van der Waals surface area contributed by atoms with Crippen LogP contribution >= 0.6 is 11.6 Å². The Morgan fingerprint density at radius 2 is 2.18 bits per heavy atom. The first kappa shape index (κ1) is 16.5. The lowest BCUT2D eigenvalue weighted by Crippen LogP contribution is -2.06. The van der Waals surface area contributed by atoms with Crippen LogP contribution in [-0.4, -0.2) is 36.1 Å². The normalized spacial score (nSPS) is 10.7. The molecule has 0 bridgehead atoms. The summed E-state index contributed by atoms with van der Waals surface area (Å²) in [5, 5.41) is 5.10. The largest absolute Gasteiger partial charge is 0.462 e. The summed E-state index contributed by atoms with van der Waals surface area (Å²) in [5.74, 6) is -0.388. The number of hydrogen-bond acceptors (Lipinski definition) is 4. The Kier molecular flexibility index (Phi) is 5.57. The van der Waals surface area contributed by atoms with Gasteiger partial charge in [-0.05, 0) is 31.5 Å². The second kappa shape index (κ2) is 7.42. The van der Waals surface area contributed by atoms with Crippen LogP contribution in [0.15, 0.2) is 24.4 Å². The molecule has 0 amide bonds. The molecule has 1 heterocycles. The summed E-state index contributed by atoms with van der Waals surface area (Å²) in [7, 11) is 1.62. The summed E-state index contributed by atoms with van der Waals surface area (Å²) in [6.07, 6.45) is 1.69. The predicted molar refractivity (Wildman–Crippen MR) is 85.2 cm³/mol. The van der Waals surface area contributed by atoms with Crippen molar-refractivity contribution in [1.82, 2.24) is 9.78 Å². The number of halogens is 1. The number of hydrogen-bond donors (Lipinski definition) is 0. The molecule has 1 aromatic heterocycles. The third-order valence-electron chi connectivity index (χ3n) is 3.24. The first-order chi connectivity index (χ1) is 10.6. The van der Waals surface area contributed by atoms with Crippen molar-refractivity contribution in [1.29, 1.82) is 0 Å². The van der Waals surface area contributed by atoms with Gasteiger partial charge >= 0.3 is 5.97 Å². The van der Waals surface area contributed by atoms with E-state index in [1.165, 1.54) is 0 Å². The molecule has 0 aliphatic carbocycles. The van der Waals surface area contributed by atoms with Gasteiger partial charge in [0.05, 0.1) is 19.8 Å². The molecule has 2 aromatic rings. The Morgan fingerprint density at radius 1 is 1.41 bits per heavy atom. The third-order valence-corrected chi connectivity index (χ3v) is 3.47. The SMILES string of the molecule is CCOC(=O)c1cn(CCOC)nc1-c1cc(Cl)ccc1C. The van der Waals surface area contributed by atoms with Gasteiger partial charge in [0.1, 0.15) is 11.3 Å². The van der Waals surface area contributed by atoms with Crippen LogP contribution in [0.2, 0.25) is 5.02 Å². The summed E-state index contributed by atoms with van der Waals surface area (Å²) >= 11 is 6.08. The molecule has 0 N–H and O–H groups in total. The number of methoxy groups -OCH3 is 1. The van der Waals surface area contributed by atoms with Crippen LogP contribution in [0.5, 0.6) is 0 Å². The van der Waals surface area contributed by atoms with Crippen molar-refractivity contribution >= 4 is 17.6 Å². The van der Waals surface area contributed by atoms with Crippen LogP contribution in [0.4, 0.5) is 0 Å². The predicted octanol–water partition coefficient (Wildman–Crippen LogP) is 3.34. The highest BCUT2D eigenvalue weighted by atomic mass is 35.5. The number of aromatic nitrogens is 2. The molecular weight excluding hydrogens is 304 g/mol. The van der Waals surface area contributed by atoms with Gasteiger partial charge in [-0.2, -0.15) is 5.10 Å². The average molecular weight is 323 g/mol. The second-order valence-electron chi connectivity index (χ2n) is 4.83. The lowest BCUT2D eigenvalue weighted by atomic mass is 10.0. The van der Waals surface area contributed by atoms with E-state index in [-0.39, 0.29) is 5.97 Å². The van der Waals surface area contributed by atoms with E-state index in [1.807, 2.05) is 25.1 Å². The van der Waals surface area contributed by atoms with Crippen LogP contribution in [0.1, 0.15) is 22.8 Å². The van der Waals surface area contributed by atoms with Gasteiger partial charge in [-0.15, -0.1) is 0 Å². The van der Waals surface area contributed by atoms with Crippen LogP contribution in [0.25, 0.3) is 11.3 Å². The quantitative estimate of drug-likeness (QED) is 0.765. The van der Waals surface area contributed by atoms with Gasteiger partial charge in [-0.25, -0.2) is 4.79 Å². The number of aryl methyl sites for hydroxylation is 1. The van der Waals surface area contributed by atoms with E-state index in [9.17, 15) is 4.79 Å². The summed E-state index contributed by atoms with van der Waals surface area (Å²) in [5.41, 5.74) is 2.83. The molecule has 0 radical (unpaired) electrons. The molecule has 2 rings (SSSR count). The molecule has 118 valence electrons. The molecule has 0 saturated carbocycles. The summed E-state index contributed by atoms with van der Waals surface area (Å²) in [6, 6.07) is 5.52. The third kappa shape index (κ3) is 3.67. The van der Waals surface area contributed by atoms with Crippen molar-refractivity contribution in [3.8, 4) is 11.3 Å². The van der Waals surface area contributed by atoms with Crippen molar-refractivity contribution in [2.24, 2.45) is 0 Å². The molecule has 0 fully saturated rings. The van der Waals surface area contributed by atoms with Crippen LogP contribution < -0.4 is 0 Å². The van der Waals surface area contributed by atoms with Gasteiger partial charge in [0.15, 0.2) is 0 Å². The maximum atomic E-state index is 12.2. The molecule has 0 aliphatic rings. The van der Waals surface area contributed by atoms with E-state index in [1.54, 1.807) is 24.9 Å². The molecule has 5 nitrogen and oxygen atoms in total. The van der Waals surface area contributed by atoms with Crippen molar-refractivity contribution in [3.63, 3.8) is 0 Å². The number of nitrogens with zero attached hydrogens (tertiary/aromatic N) is 2. The number of ether oxygens (including phenoxy) is 2. The van der Waals surface area contributed by atoms with E-state index >= 15 is 0 Å². The molecule has 1 aromatic carbocycles. The molecule has 22 heavy (non-hydrogen) atoms. The monoisotopic (exact) mass is 322 g/mol. The summed E-state index contributed by atoms with van der Waals surface area (Å²) in [6.45, 7) is 5.11. The number of carbonyl (C=O) groups is 1. The smallest absolute Gasteiger partial charge is 0.341 e.